The van der Waals surface area contributed by atoms with Gasteiger partial charge in [0.05, 0.1) is 6.54 Å². The fraction of sp³-hybridized carbons (Fsp3) is 0.400. The van der Waals surface area contributed by atoms with Crippen molar-refractivity contribution in [2.24, 2.45) is 0 Å². The first kappa shape index (κ1) is 26.6. The number of aromatic amines is 1. The molecule has 2 aromatic carbocycles. The Morgan fingerprint density at radius 2 is 1.78 bits per heavy atom. The third kappa shape index (κ3) is 7.31. The largest absolute Gasteiger partial charge is 0.447 e. The lowest BCUT2D eigenvalue weighted by Crippen LogP contribution is -2.31. The number of likely N-dealkylation sites (N-methyl/N-ethyl adjacent to an activating group) is 1. The molecule has 0 unspecified atom stereocenters. The summed E-state index contributed by atoms with van der Waals surface area (Å²) in [5, 5.41) is 4.15. The van der Waals surface area contributed by atoms with E-state index in [2.05, 4.69) is 89.6 Å². The van der Waals surface area contributed by atoms with E-state index in [-0.39, 0.29) is 11.3 Å². The van der Waals surface area contributed by atoms with Crippen LogP contribution in [-0.2, 0) is 24.9 Å². The van der Waals surface area contributed by atoms with Crippen LogP contribution >= 0.6 is 0 Å². The van der Waals surface area contributed by atoms with E-state index in [1.807, 2.05) is 25.1 Å². The molecule has 0 aliphatic carbocycles. The van der Waals surface area contributed by atoms with E-state index < -0.39 is 0 Å². The predicted octanol–water partition coefficient (Wildman–Crippen LogP) is 4.99. The summed E-state index contributed by atoms with van der Waals surface area (Å²) in [7, 11) is 3.95. The topological polar surface area (TPSA) is 77.4 Å². The molecule has 0 fully saturated rings. The second kappa shape index (κ2) is 11.8. The minimum atomic E-state index is -0.208. The number of nitrogens with one attached hydrogen (secondary N) is 2. The third-order valence-corrected chi connectivity index (χ3v) is 6.59. The molecule has 0 saturated heterocycles. The van der Waals surface area contributed by atoms with E-state index in [1.54, 1.807) is 0 Å². The van der Waals surface area contributed by atoms with Gasteiger partial charge in [-0.2, -0.15) is 0 Å². The maximum absolute atomic E-state index is 12.5. The number of hydrogen-bond donors (Lipinski definition) is 2. The van der Waals surface area contributed by atoms with E-state index in [4.69, 9.17) is 4.42 Å². The van der Waals surface area contributed by atoms with Gasteiger partial charge in [-0.05, 0) is 48.7 Å². The molecule has 2 aromatic heterocycles. The maximum atomic E-state index is 12.5. The number of amides is 1. The zero-order chi connectivity index (χ0) is 26.4. The number of benzene rings is 2. The first-order valence-corrected chi connectivity index (χ1v) is 12.9. The van der Waals surface area contributed by atoms with Crippen LogP contribution in [0.3, 0.4) is 0 Å². The highest BCUT2D eigenvalue weighted by atomic mass is 16.3. The zero-order valence-electron chi connectivity index (χ0n) is 22.7. The molecule has 1 amide bonds. The molecule has 0 aliphatic heterocycles. The summed E-state index contributed by atoms with van der Waals surface area (Å²) >= 11 is 0. The SMILES string of the molecule is CN(C)CCNC(=O)c1coc(CN(CCc2c[nH]c3ccccc23)Cc2ccc(C(C)(C)C)cc2)n1. The molecular formula is C30H39N5O2. The number of aromatic nitrogens is 2. The molecule has 0 atom stereocenters. The van der Waals surface area contributed by atoms with Crippen LogP contribution in [0, 0.1) is 0 Å². The molecule has 4 rings (SSSR count). The van der Waals surface area contributed by atoms with E-state index in [9.17, 15) is 4.79 Å². The minimum Gasteiger partial charge on any atom is -0.447 e. The number of oxazole rings is 1. The average Bonchev–Trinajstić information content (AvgIpc) is 3.49. The summed E-state index contributed by atoms with van der Waals surface area (Å²) in [6.07, 6.45) is 4.45. The lowest BCUT2D eigenvalue weighted by Gasteiger charge is -2.22. The van der Waals surface area contributed by atoms with E-state index in [1.165, 1.54) is 28.3 Å². The molecule has 2 heterocycles. The first-order valence-electron chi connectivity index (χ1n) is 12.9. The van der Waals surface area contributed by atoms with Crippen LogP contribution in [0.2, 0.25) is 0 Å². The molecule has 0 aliphatic rings. The van der Waals surface area contributed by atoms with E-state index >= 15 is 0 Å². The number of nitrogens with zero attached hydrogens (tertiary/aromatic N) is 3. The van der Waals surface area contributed by atoms with Gasteiger partial charge >= 0.3 is 0 Å². The van der Waals surface area contributed by atoms with Crippen LogP contribution in [-0.4, -0.2) is 59.4 Å². The zero-order valence-corrected chi connectivity index (χ0v) is 22.7. The highest BCUT2D eigenvalue weighted by Crippen LogP contribution is 2.23. The molecule has 0 spiro atoms. The van der Waals surface area contributed by atoms with Crippen LogP contribution in [0.15, 0.2) is 65.4 Å². The Morgan fingerprint density at radius 3 is 2.51 bits per heavy atom. The van der Waals surface area contributed by atoms with Gasteiger partial charge in [0, 0.05) is 43.3 Å². The quantitative estimate of drug-likeness (QED) is 0.303. The van der Waals surface area contributed by atoms with Crippen molar-refractivity contribution in [1.82, 2.24) is 25.1 Å². The molecular weight excluding hydrogens is 462 g/mol. The molecule has 196 valence electrons. The van der Waals surface area contributed by atoms with Gasteiger partial charge in [0.2, 0.25) is 5.89 Å². The Morgan fingerprint density at radius 1 is 1.03 bits per heavy atom. The van der Waals surface area contributed by atoms with Gasteiger partial charge < -0.3 is 19.6 Å². The third-order valence-electron chi connectivity index (χ3n) is 6.59. The van der Waals surface area contributed by atoms with Gasteiger partial charge in [-0.3, -0.25) is 9.69 Å². The maximum Gasteiger partial charge on any atom is 0.273 e. The summed E-state index contributed by atoms with van der Waals surface area (Å²) in [6.45, 7) is 10.1. The number of carbonyl (C=O) groups is 1. The summed E-state index contributed by atoms with van der Waals surface area (Å²) < 4.78 is 5.72. The Kier molecular flexibility index (Phi) is 8.46. The molecule has 7 heteroatoms. The predicted molar refractivity (Wildman–Crippen MR) is 149 cm³/mol. The van der Waals surface area contributed by atoms with Crippen LogP contribution in [0.25, 0.3) is 10.9 Å². The highest BCUT2D eigenvalue weighted by Gasteiger charge is 2.17. The lowest BCUT2D eigenvalue weighted by molar-refractivity contribution is 0.0946. The molecule has 37 heavy (non-hydrogen) atoms. The molecule has 7 nitrogen and oxygen atoms in total. The summed E-state index contributed by atoms with van der Waals surface area (Å²) in [5.74, 6) is 0.336. The van der Waals surface area contributed by atoms with Crippen molar-refractivity contribution >= 4 is 16.8 Å². The second-order valence-corrected chi connectivity index (χ2v) is 11.0. The monoisotopic (exact) mass is 501 g/mol. The number of para-hydroxylation sites is 1. The van der Waals surface area contributed by atoms with Crippen molar-refractivity contribution in [2.75, 3.05) is 33.7 Å². The van der Waals surface area contributed by atoms with Gasteiger partial charge in [0.15, 0.2) is 5.69 Å². The van der Waals surface area contributed by atoms with E-state index in [0.29, 0.717) is 24.7 Å². The lowest BCUT2D eigenvalue weighted by atomic mass is 9.87. The van der Waals surface area contributed by atoms with Crippen LogP contribution < -0.4 is 5.32 Å². The van der Waals surface area contributed by atoms with Gasteiger partial charge in [0.25, 0.3) is 5.91 Å². The van der Waals surface area contributed by atoms with Crippen LogP contribution in [0.1, 0.15) is 53.8 Å². The fourth-order valence-electron chi connectivity index (χ4n) is 4.36. The second-order valence-electron chi connectivity index (χ2n) is 11.0. The van der Waals surface area contributed by atoms with Crippen LogP contribution in [0.5, 0.6) is 0 Å². The number of fused-ring (bicyclic) bond motifs is 1. The Labute approximate surface area is 219 Å². The fourth-order valence-corrected chi connectivity index (χ4v) is 4.36. The van der Waals surface area contributed by atoms with E-state index in [0.717, 1.165) is 31.6 Å². The minimum absolute atomic E-state index is 0.120. The number of rotatable bonds is 11. The number of H-pyrrole nitrogens is 1. The summed E-state index contributed by atoms with van der Waals surface area (Å²) in [6, 6.07) is 17.2. The van der Waals surface area contributed by atoms with Crippen molar-refractivity contribution in [2.45, 2.75) is 45.7 Å². The molecule has 4 aromatic rings. The normalized spacial score (nSPS) is 12.1. The van der Waals surface area contributed by atoms with Gasteiger partial charge in [0.1, 0.15) is 6.26 Å². The van der Waals surface area contributed by atoms with Crippen molar-refractivity contribution in [3.05, 3.63) is 89.3 Å². The molecule has 0 radical (unpaired) electrons. The first-order chi connectivity index (χ1) is 17.7. The van der Waals surface area contributed by atoms with Crippen molar-refractivity contribution in [1.29, 1.82) is 0 Å². The molecule has 2 N–H and O–H groups in total. The van der Waals surface area contributed by atoms with Crippen molar-refractivity contribution in [3.63, 3.8) is 0 Å². The van der Waals surface area contributed by atoms with Gasteiger partial charge in [-0.15, -0.1) is 0 Å². The number of carbonyl (C=O) groups excluding carboxylic acids is 1. The van der Waals surface area contributed by atoms with Gasteiger partial charge in [-0.1, -0.05) is 63.2 Å². The Bertz CT molecular complexity index is 1300. The standard InChI is InChI=1S/C30H39N5O2/c1-30(2,3)24-12-10-22(11-13-24)19-35(16-14-23-18-32-26-9-7-6-8-25(23)26)20-28-33-27(21-37-28)29(36)31-15-17-34(4)5/h6-13,18,21,32H,14-17,19-20H2,1-5H3,(H,31,36). The Hall–Kier alpha value is -3.42. The average molecular weight is 502 g/mol. The summed E-state index contributed by atoms with van der Waals surface area (Å²) in [4.78, 5) is 24.7. The van der Waals surface area contributed by atoms with Crippen molar-refractivity contribution < 1.29 is 9.21 Å². The highest BCUT2D eigenvalue weighted by molar-refractivity contribution is 5.91. The molecule has 0 saturated carbocycles. The van der Waals surface area contributed by atoms with Gasteiger partial charge in [-0.25, -0.2) is 4.98 Å². The molecule has 0 bridgehead atoms. The number of hydrogen-bond acceptors (Lipinski definition) is 5. The summed E-state index contributed by atoms with van der Waals surface area (Å²) in [5.41, 5.74) is 5.44. The van der Waals surface area contributed by atoms with Crippen LogP contribution in [0.4, 0.5) is 0 Å². The van der Waals surface area contributed by atoms with Crippen molar-refractivity contribution in [3.8, 4) is 0 Å². The Balaban J connectivity index is 1.46. The smallest absolute Gasteiger partial charge is 0.273 e.